The molecule has 0 saturated heterocycles. The van der Waals surface area contributed by atoms with Gasteiger partial charge in [0.15, 0.2) is 9.84 Å². The number of benzene rings is 1. The van der Waals surface area contributed by atoms with Gasteiger partial charge in [-0.2, -0.15) is 13.2 Å². The summed E-state index contributed by atoms with van der Waals surface area (Å²) in [5, 5.41) is 2.46. The zero-order valence-electron chi connectivity index (χ0n) is 13.0. The first-order chi connectivity index (χ1) is 11.4. The zero-order valence-corrected chi connectivity index (χ0v) is 14.6. The molecule has 5 nitrogen and oxygen atoms in total. The quantitative estimate of drug-likeness (QED) is 0.863. The van der Waals surface area contributed by atoms with E-state index in [9.17, 15) is 26.4 Å². The van der Waals surface area contributed by atoms with Gasteiger partial charge in [-0.15, -0.1) is 0 Å². The van der Waals surface area contributed by atoms with Crippen LogP contribution >= 0.6 is 11.6 Å². The van der Waals surface area contributed by atoms with Crippen molar-refractivity contribution in [2.75, 3.05) is 11.6 Å². The number of amides is 1. The molecule has 1 aromatic carbocycles. The molecule has 0 spiro atoms. The fraction of sp³-hybridized carbons (Fsp3) is 0.200. The van der Waals surface area contributed by atoms with E-state index in [2.05, 4.69) is 10.3 Å². The van der Waals surface area contributed by atoms with E-state index in [0.29, 0.717) is 6.07 Å². The number of halogens is 4. The highest BCUT2D eigenvalue weighted by Crippen LogP contribution is 2.29. The van der Waals surface area contributed by atoms with Crippen LogP contribution in [-0.4, -0.2) is 25.6 Å². The van der Waals surface area contributed by atoms with Crippen molar-refractivity contribution in [1.29, 1.82) is 0 Å². The van der Waals surface area contributed by atoms with Crippen molar-refractivity contribution >= 4 is 33.0 Å². The van der Waals surface area contributed by atoms with Crippen molar-refractivity contribution in [3.63, 3.8) is 0 Å². The fourth-order valence-corrected chi connectivity index (χ4v) is 2.79. The number of alkyl halides is 3. The van der Waals surface area contributed by atoms with Crippen LogP contribution in [0.5, 0.6) is 0 Å². The van der Waals surface area contributed by atoms with Crippen LogP contribution < -0.4 is 5.32 Å². The highest BCUT2D eigenvalue weighted by molar-refractivity contribution is 7.90. The minimum atomic E-state index is -4.62. The number of sulfone groups is 1. The van der Waals surface area contributed by atoms with Crippen LogP contribution in [0.4, 0.5) is 18.9 Å². The first-order valence-electron chi connectivity index (χ1n) is 6.75. The van der Waals surface area contributed by atoms with Crippen LogP contribution in [-0.2, 0) is 16.0 Å². The Kier molecular flexibility index (Phi) is 5.10. The molecule has 1 heterocycles. The Bertz CT molecular complexity index is 944. The second kappa shape index (κ2) is 6.64. The summed E-state index contributed by atoms with van der Waals surface area (Å²) in [6.45, 7) is 1.26. The number of rotatable bonds is 3. The summed E-state index contributed by atoms with van der Waals surface area (Å²) >= 11 is 5.93. The third kappa shape index (κ3) is 4.49. The molecule has 1 amide bonds. The Balaban J connectivity index is 2.35. The van der Waals surface area contributed by atoms with E-state index in [1.807, 2.05) is 0 Å². The molecule has 25 heavy (non-hydrogen) atoms. The van der Waals surface area contributed by atoms with Gasteiger partial charge < -0.3 is 5.32 Å². The molecule has 0 aliphatic heterocycles. The smallest absolute Gasteiger partial charge is 0.321 e. The Morgan fingerprint density at radius 1 is 1.20 bits per heavy atom. The number of carbonyl (C=O) groups is 1. The van der Waals surface area contributed by atoms with Gasteiger partial charge in [-0.3, -0.25) is 4.79 Å². The second-order valence-electron chi connectivity index (χ2n) is 5.20. The van der Waals surface area contributed by atoms with E-state index in [1.165, 1.54) is 25.1 Å². The number of nitrogens with zero attached hydrogens (tertiary/aromatic N) is 1. The van der Waals surface area contributed by atoms with Crippen LogP contribution in [0.2, 0.25) is 5.02 Å². The van der Waals surface area contributed by atoms with Gasteiger partial charge >= 0.3 is 6.18 Å². The van der Waals surface area contributed by atoms with Gasteiger partial charge in [0, 0.05) is 6.26 Å². The van der Waals surface area contributed by atoms with Crippen molar-refractivity contribution < 1.29 is 26.4 Å². The summed E-state index contributed by atoms with van der Waals surface area (Å²) < 4.78 is 61.0. The Morgan fingerprint density at radius 2 is 1.84 bits per heavy atom. The molecule has 0 unspecified atom stereocenters. The fourth-order valence-electron chi connectivity index (χ4n) is 1.98. The number of aryl methyl sites for hydroxylation is 1. The number of pyridine rings is 1. The highest BCUT2D eigenvalue weighted by Gasteiger charge is 2.33. The maximum Gasteiger partial charge on any atom is 0.433 e. The monoisotopic (exact) mass is 392 g/mol. The minimum Gasteiger partial charge on any atom is -0.321 e. The van der Waals surface area contributed by atoms with E-state index in [0.717, 1.165) is 12.3 Å². The lowest BCUT2D eigenvalue weighted by Crippen LogP contribution is -2.17. The van der Waals surface area contributed by atoms with Crippen molar-refractivity contribution in [3.05, 3.63) is 52.3 Å². The summed E-state index contributed by atoms with van der Waals surface area (Å²) in [7, 11) is -3.52. The number of aromatic nitrogens is 1. The summed E-state index contributed by atoms with van der Waals surface area (Å²) in [5.41, 5.74) is -1.30. The number of nitrogens with one attached hydrogen (secondary N) is 1. The van der Waals surface area contributed by atoms with Crippen LogP contribution in [0.15, 0.2) is 35.2 Å². The predicted octanol–water partition coefficient (Wildman–Crippen LogP) is 3.72. The topological polar surface area (TPSA) is 76.1 Å². The van der Waals surface area contributed by atoms with Crippen molar-refractivity contribution in [1.82, 2.24) is 4.98 Å². The molecule has 2 rings (SSSR count). The highest BCUT2D eigenvalue weighted by atomic mass is 35.5. The van der Waals surface area contributed by atoms with Gasteiger partial charge in [-0.1, -0.05) is 11.6 Å². The molecule has 0 radical (unpaired) electrons. The molecule has 10 heteroatoms. The largest absolute Gasteiger partial charge is 0.433 e. The SMILES string of the molecule is Cc1nc(C(F)(F)F)ccc1C(=O)Nc1cc(S(C)(=O)=O)ccc1Cl. The summed E-state index contributed by atoms with van der Waals surface area (Å²) in [6.07, 6.45) is -3.63. The maximum absolute atomic E-state index is 12.6. The molecule has 0 bridgehead atoms. The third-order valence-corrected chi connectivity index (χ3v) is 4.67. The summed E-state index contributed by atoms with van der Waals surface area (Å²) in [5.74, 6) is -0.758. The molecular formula is C15H12ClF3N2O3S. The van der Waals surface area contributed by atoms with Crippen LogP contribution in [0, 0.1) is 6.92 Å². The maximum atomic E-state index is 12.6. The lowest BCUT2D eigenvalue weighted by Gasteiger charge is -2.12. The number of carbonyl (C=O) groups excluding carboxylic acids is 1. The summed E-state index contributed by atoms with van der Waals surface area (Å²) in [6, 6.07) is 5.43. The van der Waals surface area contributed by atoms with Crippen molar-refractivity contribution in [2.45, 2.75) is 18.0 Å². The third-order valence-electron chi connectivity index (χ3n) is 3.24. The van der Waals surface area contributed by atoms with E-state index in [-0.39, 0.29) is 26.9 Å². The van der Waals surface area contributed by atoms with E-state index < -0.39 is 27.6 Å². The zero-order chi connectivity index (χ0) is 19.0. The Morgan fingerprint density at radius 3 is 2.36 bits per heavy atom. The standard InChI is InChI=1S/C15H12ClF3N2O3S/c1-8-10(4-6-13(20-8)15(17,18)19)14(22)21-12-7-9(25(2,23)24)3-5-11(12)16/h3-7H,1-2H3,(H,21,22). The molecule has 2 aromatic rings. The minimum absolute atomic E-state index is 0.0221. The first kappa shape index (κ1) is 19.2. The molecule has 1 N–H and O–H groups in total. The second-order valence-corrected chi connectivity index (χ2v) is 7.62. The van der Waals surface area contributed by atoms with Crippen LogP contribution in [0.1, 0.15) is 21.7 Å². The number of anilines is 1. The normalized spacial score (nSPS) is 12.1. The van der Waals surface area contributed by atoms with E-state index in [4.69, 9.17) is 11.6 Å². The molecule has 1 aromatic heterocycles. The number of hydrogen-bond donors (Lipinski definition) is 1. The lowest BCUT2D eigenvalue weighted by atomic mass is 10.1. The van der Waals surface area contributed by atoms with Crippen LogP contribution in [0.25, 0.3) is 0 Å². The van der Waals surface area contributed by atoms with Gasteiger partial charge in [0.25, 0.3) is 5.91 Å². The first-order valence-corrected chi connectivity index (χ1v) is 9.02. The average molecular weight is 393 g/mol. The molecule has 134 valence electrons. The van der Waals surface area contributed by atoms with Gasteiger partial charge in [-0.05, 0) is 37.3 Å². The Hall–Kier alpha value is -2.13. The van der Waals surface area contributed by atoms with Gasteiger partial charge in [-0.25, -0.2) is 13.4 Å². The molecule has 0 fully saturated rings. The van der Waals surface area contributed by atoms with Gasteiger partial charge in [0.2, 0.25) is 0 Å². The van der Waals surface area contributed by atoms with Gasteiger partial charge in [0.1, 0.15) is 5.69 Å². The number of hydrogen-bond acceptors (Lipinski definition) is 4. The molecule has 0 atom stereocenters. The van der Waals surface area contributed by atoms with Crippen molar-refractivity contribution in [2.24, 2.45) is 0 Å². The molecular weight excluding hydrogens is 381 g/mol. The molecule has 0 aliphatic rings. The van der Waals surface area contributed by atoms with Gasteiger partial charge in [0.05, 0.1) is 26.9 Å². The molecule has 0 aliphatic carbocycles. The average Bonchev–Trinajstić information content (AvgIpc) is 2.47. The lowest BCUT2D eigenvalue weighted by molar-refractivity contribution is -0.141. The van der Waals surface area contributed by atoms with E-state index >= 15 is 0 Å². The molecule has 0 saturated carbocycles. The predicted molar refractivity (Wildman–Crippen MR) is 86.5 cm³/mol. The van der Waals surface area contributed by atoms with Crippen molar-refractivity contribution in [3.8, 4) is 0 Å². The van der Waals surface area contributed by atoms with Crippen LogP contribution in [0.3, 0.4) is 0 Å². The van der Waals surface area contributed by atoms with E-state index in [1.54, 1.807) is 0 Å². The summed E-state index contributed by atoms with van der Waals surface area (Å²) in [4.78, 5) is 15.6. The Labute approximate surface area is 146 Å².